The van der Waals surface area contributed by atoms with Crippen LogP contribution in [0.4, 0.5) is 5.69 Å². The second-order valence-electron chi connectivity index (χ2n) is 4.76. The average Bonchev–Trinajstić information content (AvgIpc) is 2.38. The Hall–Kier alpha value is -1.60. The molecule has 2 N–H and O–H groups in total. The van der Waals surface area contributed by atoms with Crippen molar-refractivity contribution < 1.29 is 13.2 Å². The third-order valence-corrected chi connectivity index (χ3v) is 4.86. The summed E-state index contributed by atoms with van der Waals surface area (Å²) >= 11 is 0. The maximum Gasteiger partial charge on any atom is 0.243 e. The van der Waals surface area contributed by atoms with Crippen molar-refractivity contribution in [2.45, 2.75) is 18.2 Å². The maximum atomic E-state index is 12.3. The Kier molecular flexibility index (Phi) is 5.13. The first-order chi connectivity index (χ1) is 9.20. The maximum absolute atomic E-state index is 12.3. The topological polar surface area (TPSA) is 83.7 Å². The molecule has 1 amide bonds. The summed E-state index contributed by atoms with van der Waals surface area (Å²) in [5, 5.41) is 0. The molecule has 0 radical (unpaired) electrons. The van der Waals surface area contributed by atoms with Gasteiger partial charge in [-0.25, -0.2) is 8.42 Å². The summed E-state index contributed by atoms with van der Waals surface area (Å²) in [5.74, 6) is -0.283. The highest BCUT2D eigenvalue weighted by Crippen LogP contribution is 2.21. The Bertz CT molecular complexity index is 597. The highest BCUT2D eigenvalue weighted by Gasteiger charge is 2.24. The van der Waals surface area contributed by atoms with Crippen LogP contribution in [0.2, 0.25) is 0 Å². The van der Waals surface area contributed by atoms with Gasteiger partial charge in [0.05, 0.1) is 11.4 Å². The minimum Gasteiger partial charge on any atom is -0.398 e. The molecule has 0 fully saturated rings. The largest absolute Gasteiger partial charge is 0.398 e. The number of anilines is 1. The predicted octanol–water partition coefficient (Wildman–Crippen LogP) is 0.540. The number of aryl methyl sites for hydroxylation is 1. The lowest BCUT2D eigenvalue weighted by atomic mass is 10.1. The minimum atomic E-state index is -3.71. The van der Waals surface area contributed by atoms with E-state index in [-0.39, 0.29) is 17.3 Å². The first kappa shape index (κ1) is 16.5. The summed E-state index contributed by atoms with van der Waals surface area (Å²) < 4.78 is 25.7. The number of benzene rings is 1. The van der Waals surface area contributed by atoms with Crippen LogP contribution in [-0.4, -0.2) is 51.2 Å². The monoisotopic (exact) mass is 299 g/mol. The average molecular weight is 299 g/mol. The van der Waals surface area contributed by atoms with Crippen LogP contribution in [0.15, 0.2) is 23.1 Å². The van der Waals surface area contributed by atoms with Crippen LogP contribution in [0, 0.1) is 0 Å². The molecular formula is C13H21N3O3S. The van der Waals surface area contributed by atoms with Crippen molar-refractivity contribution in [1.29, 1.82) is 0 Å². The molecule has 0 aliphatic rings. The molecule has 112 valence electrons. The number of rotatable bonds is 5. The lowest BCUT2D eigenvalue weighted by molar-refractivity contribution is -0.128. The molecule has 0 bridgehead atoms. The molecule has 0 aliphatic carbocycles. The van der Waals surface area contributed by atoms with E-state index < -0.39 is 10.0 Å². The van der Waals surface area contributed by atoms with Gasteiger partial charge in [0, 0.05) is 26.8 Å². The van der Waals surface area contributed by atoms with E-state index in [1.165, 1.54) is 24.1 Å². The Morgan fingerprint density at radius 3 is 2.30 bits per heavy atom. The summed E-state index contributed by atoms with van der Waals surface area (Å²) in [6.45, 7) is 1.74. The highest BCUT2D eigenvalue weighted by atomic mass is 32.2. The minimum absolute atomic E-state index is 0.0984. The number of hydrogen-bond acceptors (Lipinski definition) is 4. The van der Waals surface area contributed by atoms with E-state index >= 15 is 0 Å². The Morgan fingerprint density at radius 1 is 1.25 bits per heavy atom. The first-order valence-electron chi connectivity index (χ1n) is 6.25. The molecule has 20 heavy (non-hydrogen) atoms. The predicted molar refractivity (Wildman–Crippen MR) is 78.7 cm³/mol. The van der Waals surface area contributed by atoms with Gasteiger partial charge < -0.3 is 10.6 Å². The van der Waals surface area contributed by atoms with Gasteiger partial charge in [-0.1, -0.05) is 13.0 Å². The van der Waals surface area contributed by atoms with E-state index in [9.17, 15) is 13.2 Å². The van der Waals surface area contributed by atoms with Gasteiger partial charge in [0.15, 0.2) is 0 Å². The summed E-state index contributed by atoms with van der Waals surface area (Å²) in [6, 6.07) is 4.65. The van der Waals surface area contributed by atoms with Crippen LogP contribution in [0.3, 0.4) is 0 Å². The van der Waals surface area contributed by atoms with Crippen molar-refractivity contribution in [3.63, 3.8) is 0 Å². The zero-order valence-electron chi connectivity index (χ0n) is 12.3. The van der Waals surface area contributed by atoms with Crippen molar-refractivity contribution in [2.75, 3.05) is 33.4 Å². The Balaban J connectivity index is 3.04. The lowest BCUT2D eigenvalue weighted by Gasteiger charge is -2.19. The quantitative estimate of drug-likeness (QED) is 0.804. The van der Waals surface area contributed by atoms with Crippen LogP contribution < -0.4 is 5.73 Å². The molecule has 0 unspecified atom stereocenters. The van der Waals surface area contributed by atoms with E-state index in [4.69, 9.17) is 5.73 Å². The third-order valence-electron chi connectivity index (χ3n) is 3.06. The number of sulfonamides is 1. The van der Waals surface area contributed by atoms with Gasteiger partial charge in [-0.05, 0) is 24.1 Å². The Morgan fingerprint density at radius 2 is 1.85 bits per heavy atom. The fourth-order valence-corrected chi connectivity index (χ4v) is 2.81. The standard InChI is InChI=1S/C13H21N3O3S/c1-5-10-6-7-11(8-12(10)14)20(18,19)16(4)9-13(17)15(2)3/h6-8H,5,9,14H2,1-4H3. The van der Waals surface area contributed by atoms with Crippen molar-refractivity contribution in [3.8, 4) is 0 Å². The van der Waals surface area contributed by atoms with E-state index in [0.29, 0.717) is 5.69 Å². The number of amides is 1. The molecule has 0 saturated carbocycles. The number of likely N-dealkylation sites (N-methyl/N-ethyl adjacent to an activating group) is 2. The Labute approximate surface area is 120 Å². The van der Waals surface area contributed by atoms with Gasteiger partial charge in [-0.3, -0.25) is 4.79 Å². The van der Waals surface area contributed by atoms with Crippen LogP contribution >= 0.6 is 0 Å². The van der Waals surface area contributed by atoms with E-state index in [0.717, 1.165) is 16.3 Å². The molecule has 1 aromatic carbocycles. The molecule has 0 aromatic heterocycles. The summed E-state index contributed by atoms with van der Waals surface area (Å²) in [7, 11) is 0.827. The van der Waals surface area contributed by atoms with Crippen molar-refractivity contribution in [3.05, 3.63) is 23.8 Å². The smallest absolute Gasteiger partial charge is 0.243 e. The number of nitrogens with zero attached hydrogens (tertiary/aromatic N) is 2. The molecule has 1 aromatic rings. The molecule has 6 nitrogen and oxygen atoms in total. The van der Waals surface area contributed by atoms with Gasteiger partial charge >= 0.3 is 0 Å². The fraction of sp³-hybridized carbons (Fsp3) is 0.462. The molecule has 1 rings (SSSR count). The molecule has 0 heterocycles. The normalized spacial score (nSPS) is 11.7. The molecular weight excluding hydrogens is 278 g/mol. The second kappa shape index (κ2) is 6.23. The van der Waals surface area contributed by atoms with E-state index in [1.54, 1.807) is 20.2 Å². The second-order valence-corrected chi connectivity index (χ2v) is 6.81. The van der Waals surface area contributed by atoms with Gasteiger partial charge in [-0.2, -0.15) is 4.31 Å². The summed E-state index contributed by atoms with van der Waals surface area (Å²) in [6.07, 6.45) is 0.737. The highest BCUT2D eigenvalue weighted by molar-refractivity contribution is 7.89. The molecule has 0 atom stereocenters. The van der Waals surface area contributed by atoms with Crippen LogP contribution in [0.1, 0.15) is 12.5 Å². The van der Waals surface area contributed by atoms with Gasteiger partial charge in [0.1, 0.15) is 0 Å². The van der Waals surface area contributed by atoms with Crippen LogP contribution in [0.5, 0.6) is 0 Å². The van der Waals surface area contributed by atoms with E-state index in [2.05, 4.69) is 0 Å². The van der Waals surface area contributed by atoms with Crippen molar-refractivity contribution in [1.82, 2.24) is 9.21 Å². The molecule has 7 heteroatoms. The number of hydrogen-bond donors (Lipinski definition) is 1. The zero-order valence-corrected chi connectivity index (χ0v) is 13.1. The first-order valence-corrected chi connectivity index (χ1v) is 7.69. The van der Waals surface area contributed by atoms with Crippen LogP contribution in [0.25, 0.3) is 0 Å². The van der Waals surface area contributed by atoms with Gasteiger partial charge in [-0.15, -0.1) is 0 Å². The number of carbonyl (C=O) groups excluding carboxylic acids is 1. The van der Waals surface area contributed by atoms with E-state index in [1.807, 2.05) is 6.92 Å². The van der Waals surface area contributed by atoms with Crippen molar-refractivity contribution >= 4 is 21.6 Å². The number of nitrogens with two attached hydrogens (primary N) is 1. The molecule has 0 spiro atoms. The SMILES string of the molecule is CCc1ccc(S(=O)(=O)N(C)CC(=O)N(C)C)cc1N. The summed E-state index contributed by atoms with van der Waals surface area (Å²) in [5.41, 5.74) is 7.16. The third kappa shape index (κ3) is 3.49. The lowest BCUT2D eigenvalue weighted by Crippen LogP contribution is -2.37. The number of nitrogen functional groups attached to an aromatic ring is 1. The molecule has 0 aliphatic heterocycles. The van der Waals surface area contributed by atoms with Crippen LogP contribution in [-0.2, 0) is 21.2 Å². The zero-order chi connectivity index (χ0) is 15.5. The number of carbonyl (C=O) groups is 1. The van der Waals surface area contributed by atoms with Crippen molar-refractivity contribution in [2.24, 2.45) is 0 Å². The fourth-order valence-electron chi connectivity index (χ4n) is 1.65. The summed E-state index contributed by atoms with van der Waals surface area (Å²) in [4.78, 5) is 13.0. The van der Waals surface area contributed by atoms with Gasteiger partial charge in [0.2, 0.25) is 15.9 Å². The van der Waals surface area contributed by atoms with Gasteiger partial charge in [0.25, 0.3) is 0 Å². The molecule has 0 saturated heterocycles.